The van der Waals surface area contributed by atoms with Crippen LogP contribution in [0.4, 0.5) is 5.82 Å². The van der Waals surface area contributed by atoms with Gasteiger partial charge in [0.25, 0.3) is 0 Å². The van der Waals surface area contributed by atoms with Gasteiger partial charge < -0.3 is 15.2 Å². The minimum Gasteiger partial charge on any atom is -0.360 e. The Morgan fingerprint density at radius 1 is 1.75 bits per heavy atom. The Bertz CT molecular complexity index is 356. The van der Waals surface area contributed by atoms with Crippen molar-refractivity contribution in [1.82, 2.24) is 10.5 Å². The van der Waals surface area contributed by atoms with Crippen molar-refractivity contribution in [3.63, 3.8) is 0 Å². The molecule has 5 nitrogen and oxygen atoms in total. The number of carbonyl (C=O) groups excluding carboxylic acids is 1. The normalized spacial score (nSPS) is 20.7. The van der Waals surface area contributed by atoms with Crippen LogP contribution in [-0.4, -0.2) is 24.2 Å². The third-order valence-corrected chi connectivity index (χ3v) is 2.77. The highest BCUT2D eigenvalue weighted by atomic mass is 16.5. The standard InChI is InChI=1S/C11H17N3O2/c1-8-5-10(14-16-8)13-11(15)6-9-3-2-4-12-7-9/h5,9,12H,2-4,6-7H2,1H3,(H,13,14,15). The lowest BCUT2D eigenvalue weighted by atomic mass is 9.96. The summed E-state index contributed by atoms with van der Waals surface area (Å²) in [7, 11) is 0. The predicted octanol–water partition coefficient (Wildman–Crippen LogP) is 1.31. The Kier molecular flexibility index (Phi) is 3.56. The number of anilines is 1. The summed E-state index contributed by atoms with van der Waals surface area (Å²) in [5.41, 5.74) is 0. The van der Waals surface area contributed by atoms with E-state index in [9.17, 15) is 4.79 Å². The first-order valence-electron chi connectivity index (χ1n) is 5.68. The van der Waals surface area contributed by atoms with E-state index in [1.165, 1.54) is 0 Å². The maximum Gasteiger partial charge on any atom is 0.225 e. The lowest BCUT2D eigenvalue weighted by Crippen LogP contribution is -2.32. The van der Waals surface area contributed by atoms with Crippen LogP contribution in [0, 0.1) is 12.8 Å². The number of piperidine rings is 1. The van der Waals surface area contributed by atoms with Crippen LogP contribution < -0.4 is 10.6 Å². The largest absolute Gasteiger partial charge is 0.360 e. The fraction of sp³-hybridized carbons (Fsp3) is 0.636. The van der Waals surface area contributed by atoms with Gasteiger partial charge in [0.15, 0.2) is 5.82 Å². The van der Waals surface area contributed by atoms with E-state index >= 15 is 0 Å². The van der Waals surface area contributed by atoms with Crippen molar-refractivity contribution in [3.8, 4) is 0 Å². The second-order valence-electron chi connectivity index (χ2n) is 4.29. The lowest BCUT2D eigenvalue weighted by Gasteiger charge is -2.21. The molecule has 1 amide bonds. The van der Waals surface area contributed by atoms with Gasteiger partial charge in [-0.1, -0.05) is 5.16 Å². The van der Waals surface area contributed by atoms with Crippen LogP contribution >= 0.6 is 0 Å². The molecule has 1 fully saturated rings. The van der Waals surface area contributed by atoms with Crippen LogP contribution in [0.15, 0.2) is 10.6 Å². The molecule has 0 radical (unpaired) electrons. The van der Waals surface area contributed by atoms with Gasteiger partial charge in [-0.05, 0) is 38.8 Å². The molecule has 88 valence electrons. The molecule has 1 aliphatic heterocycles. The summed E-state index contributed by atoms with van der Waals surface area (Å²) in [4.78, 5) is 11.7. The van der Waals surface area contributed by atoms with Crippen molar-refractivity contribution in [3.05, 3.63) is 11.8 Å². The van der Waals surface area contributed by atoms with Gasteiger partial charge in [-0.25, -0.2) is 0 Å². The van der Waals surface area contributed by atoms with Crippen molar-refractivity contribution in [2.45, 2.75) is 26.2 Å². The molecule has 1 aliphatic rings. The van der Waals surface area contributed by atoms with Gasteiger partial charge in [0, 0.05) is 12.5 Å². The van der Waals surface area contributed by atoms with Gasteiger partial charge in [0.05, 0.1) is 0 Å². The van der Waals surface area contributed by atoms with E-state index in [1.807, 2.05) is 0 Å². The van der Waals surface area contributed by atoms with Gasteiger partial charge >= 0.3 is 0 Å². The molecule has 0 spiro atoms. The van der Waals surface area contributed by atoms with Gasteiger partial charge in [-0.3, -0.25) is 4.79 Å². The van der Waals surface area contributed by atoms with Gasteiger partial charge in [0.2, 0.25) is 5.91 Å². The molecule has 2 heterocycles. The fourth-order valence-corrected chi connectivity index (χ4v) is 1.98. The highest BCUT2D eigenvalue weighted by molar-refractivity contribution is 5.89. The Labute approximate surface area is 94.6 Å². The number of carbonyl (C=O) groups is 1. The zero-order chi connectivity index (χ0) is 11.4. The molecule has 2 rings (SSSR count). The average molecular weight is 223 g/mol. The van der Waals surface area contributed by atoms with E-state index in [1.54, 1.807) is 13.0 Å². The van der Waals surface area contributed by atoms with Crippen molar-refractivity contribution >= 4 is 11.7 Å². The summed E-state index contributed by atoms with van der Waals surface area (Å²) in [6.45, 7) is 3.81. The maximum absolute atomic E-state index is 11.7. The highest BCUT2D eigenvalue weighted by Gasteiger charge is 2.17. The Hall–Kier alpha value is -1.36. The average Bonchev–Trinajstić information content (AvgIpc) is 2.65. The van der Waals surface area contributed by atoms with E-state index in [0.29, 0.717) is 23.9 Å². The van der Waals surface area contributed by atoms with Crippen molar-refractivity contribution in [2.24, 2.45) is 5.92 Å². The molecule has 16 heavy (non-hydrogen) atoms. The smallest absolute Gasteiger partial charge is 0.225 e. The topological polar surface area (TPSA) is 67.2 Å². The highest BCUT2D eigenvalue weighted by Crippen LogP contribution is 2.15. The third kappa shape index (κ3) is 3.06. The molecule has 0 aromatic carbocycles. The second-order valence-corrected chi connectivity index (χ2v) is 4.29. The first-order chi connectivity index (χ1) is 7.74. The van der Waals surface area contributed by atoms with Crippen LogP contribution in [0.2, 0.25) is 0 Å². The minimum absolute atomic E-state index is 0.0157. The monoisotopic (exact) mass is 223 g/mol. The summed E-state index contributed by atoms with van der Waals surface area (Å²) >= 11 is 0. The van der Waals surface area contributed by atoms with Crippen LogP contribution in [0.25, 0.3) is 0 Å². The molecule has 1 saturated heterocycles. The molecule has 1 atom stereocenters. The summed E-state index contributed by atoms with van der Waals surface area (Å²) < 4.78 is 4.88. The number of nitrogens with one attached hydrogen (secondary N) is 2. The number of aryl methyl sites for hydroxylation is 1. The van der Waals surface area contributed by atoms with Crippen LogP contribution in [0.1, 0.15) is 25.0 Å². The first kappa shape index (κ1) is 11.1. The zero-order valence-corrected chi connectivity index (χ0v) is 9.45. The van der Waals surface area contributed by atoms with Gasteiger partial charge in [-0.2, -0.15) is 0 Å². The zero-order valence-electron chi connectivity index (χ0n) is 9.45. The summed E-state index contributed by atoms with van der Waals surface area (Å²) in [5.74, 6) is 1.67. The molecule has 1 aromatic heterocycles. The van der Waals surface area contributed by atoms with Crippen LogP contribution in [0.3, 0.4) is 0 Å². The Morgan fingerprint density at radius 2 is 2.62 bits per heavy atom. The van der Waals surface area contributed by atoms with E-state index in [0.717, 1.165) is 25.9 Å². The second kappa shape index (κ2) is 5.12. The molecule has 2 N–H and O–H groups in total. The molecule has 0 bridgehead atoms. The van der Waals surface area contributed by atoms with Crippen molar-refractivity contribution < 1.29 is 9.32 Å². The van der Waals surface area contributed by atoms with Gasteiger partial charge in [0.1, 0.15) is 5.76 Å². The molecular formula is C11H17N3O2. The van der Waals surface area contributed by atoms with Crippen LogP contribution in [0.5, 0.6) is 0 Å². The van der Waals surface area contributed by atoms with E-state index in [-0.39, 0.29) is 5.91 Å². The van der Waals surface area contributed by atoms with Crippen molar-refractivity contribution in [1.29, 1.82) is 0 Å². The number of hydrogen-bond donors (Lipinski definition) is 2. The van der Waals surface area contributed by atoms with E-state index in [4.69, 9.17) is 4.52 Å². The fourth-order valence-electron chi connectivity index (χ4n) is 1.98. The molecule has 5 heteroatoms. The SMILES string of the molecule is Cc1cc(NC(=O)CC2CCCNC2)no1. The number of rotatable bonds is 3. The maximum atomic E-state index is 11.7. The number of hydrogen-bond acceptors (Lipinski definition) is 4. The van der Waals surface area contributed by atoms with Crippen LogP contribution in [-0.2, 0) is 4.79 Å². The Morgan fingerprint density at radius 3 is 3.25 bits per heavy atom. The lowest BCUT2D eigenvalue weighted by molar-refractivity contribution is -0.117. The Balaban J connectivity index is 1.79. The van der Waals surface area contributed by atoms with E-state index in [2.05, 4.69) is 15.8 Å². The predicted molar refractivity (Wildman–Crippen MR) is 60.1 cm³/mol. The quantitative estimate of drug-likeness (QED) is 0.810. The molecule has 1 unspecified atom stereocenters. The molecule has 1 aromatic rings. The molecular weight excluding hydrogens is 206 g/mol. The van der Waals surface area contributed by atoms with E-state index < -0.39 is 0 Å². The van der Waals surface area contributed by atoms with Gasteiger partial charge in [-0.15, -0.1) is 0 Å². The number of aromatic nitrogens is 1. The molecule has 0 aliphatic carbocycles. The number of nitrogens with zero attached hydrogens (tertiary/aromatic N) is 1. The summed E-state index contributed by atoms with van der Waals surface area (Å²) in [5, 5.41) is 9.76. The summed E-state index contributed by atoms with van der Waals surface area (Å²) in [6, 6.07) is 1.72. The first-order valence-corrected chi connectivity index (χ1v) is 5.68. The third-order valence-electron chi connectivity index (χ3n) is 2.77. The van der Waals surface area contributed by atoms with Crippen molar-refractivity contribution in [2.75, 3.05) is 18.4 Å². The summed E-state index contributed by atoms with van der Waals surface area (Å²) in [6.07, 6.45) is 2.83. The minimum atomic E-state index is 0.0157. The molecule has 0 saturated carbocycles. The number of amides is 1.